The van der Waals surface area contributed by atoms with E-state index >= 15 is 0 Å². The number of rotatable bonds is 5. The van der Waals surface area contributed by atoms with Crippen LogP contribution in [0.3, 0.4) is 0 Å². The molecule has 0 aromatic carbocycles. The number of nitrogens with zero attached hydrogens (tertiary/aromatic N) is 4. The third-order valence-corrected chi connectivity index (χ3v) is 3.02. The molecule has 0 unspecified atom stereocenters. The molecule has 0 fully saturated rings. The molecule has 0 aliphatic carbocycles. The van der Waals surface area contributed by atoms with Crippen molar-refractivity contribution in [1.29, 1.82) is 0 Å². The topological polar surface area (TPSA) is 99.0 Å². The van der Waals surface area contributed by atoms with Crippen molar-refractivity contribution in [3.8, 4) is 5.69 Å². The normalized spacial score (nSPS) is 10.2. The smallest absolute Gasteiger partial charge is 0.351 e. The number of tetrazole rings is 1. The van der Waals surface area contributed by atoms with E-state index < -0.39 is 5.97 Å². The minimum atomic E-state index is -0.577. The number of nitrogens with one attached hydrogen (secondary N) is 1. The lowest BCUT2D eigenvalue weighted by molar-refractivity contribution is -0.124. The molecular weight excluding hydrogens is 270 g/mol. The van der Waals surface area contributed by atoms with E-state index in [0.29, 0.717) is 17.1 Å². The second kappa shape index (κ2) is 6.05. The monoisotopic (exact) mass is 281 g/mol. The Labute approximate surface area is 112 Å². The predicted molar refractivity (Wildman–Crippen MR) is 66.0 cm³/mol. The minimum absolute atomic E-state index is 0.306. The third-order valence-electron chi connectivity index (χ3n) is 2.13. The predicted octanol–water partition coefficient (Wildman–Crippen LogP) is 0.0167. The summed E-state index contributed by atoms with van der Waals surface area (Å²) in [6.45, 7) is 1.97. The van der Waals surface area contributed by atoms with Gasteiger partial charge < -0.3 is 10.1 Å². The standard InChI is InChI=1S/C10H11N5O3S/c1-2-11-8(16)5-18-10(17)9-7(3-4-19-9)15-6-12-13-14-15/h3-4,6H,2,5H2,1H3,(H,11,16). The van der Waals surface area contributed by atoms with Crippen molar-refractivity contribution in [2.75, 3.05) is 13.2 Å². The Hall–Kier alpha value is -2.29. The molecule has 0 saturated heterocycles. The van der Waals surface area contributed by atoms with Crippen molar-refractivity contribution < 1.29 is 14.3 Å². The van der Waals surface area contributed by atoms with Gasteiger partial charge in [0.25, 0.3) is 5.91 Å². The molecule has 2 rings (SSSR count). The van der Waals surface area contributed by atoms with Crippen LogP contribution in [-0.4, -0.2) is 45.2 Å². The lowest BCUT2D eigenvalue weighted by Crippen LogP contribution is -2.28. The average Bonchev–Trinajstić information content (AvgIpc) is 3.05. The number of aromatic nitrogens is 4. The second-order valence-corrected chi connectivity index (χ2v) is 4.34. The van der Waals surface area contributed by atoms with Gasteiger partial charge in [0, 0.05) is 6.54 Å². The van der Waals surface area contributed by atoms with Crippen LogP contribution in [0.4, 0.5) is 0 Å². The molecule has 0 atom stereocenters. The van der Waals surface area contributed by atoms with Gasteiger partial charge in [-0.3, -0.25) is 4.79 Å². The summed E-state index contributed by atoms with van der Waals surface area (Å²) in [5.41, 5.74) is 0.524. The summed E-state index contributed by atoms with van der Waals surface area (Å²) in [6.07, 6.45) is 1.38. The van der Waals surface area contributed by atoms with Crippen LogP contribution in [0.25, 0.3) is 5.69 Å². The highest BCUT2D eigenvalue weighted by atomic mass is 32.1. The van der Waals surface area contributed by atoms with Crippen molar-refractivity contribution in [3.05, 3.63) is 22.7 Å². The van der Waals surface area contributed by atoms with Crippen LogP contribution >= 0.6 is 11.3 Å². The molecular formula is C10H11N5O3S. The quantitative estimate of drug-likeness (QED) is 0.775. The molecule has 2 aromatic heterocycles. The van der Waals surface area contributed by atoms with Crippen LogP contribution in [-0.2, 0) is 9.53 Å². The van der Waals surface area contributed by atoms with Gasteiger partial charge >= 0.3 is 5.97 Å². The first-order chi connectivity index (χ1) is 9.22. The van der Waals surface area contributed by atoms with Gasteiger partial charge in [-0.2, -0.15) is 4.68 Å². The molecule has 19 heavy (non-hydrogen) atoms. The summed E-state index contributed by atoms with van der Waals surface area (Å²) in [7, 11) is 0. The van der Waals surface area contributed by atoms with E-state index in [0.717, 1.165) is 0 Å². The van der Waals surface area contributed by atoms with Gasteiger partial charge in [-0.1, -0.05) is 0 Å². The van der Waals surface area contributed by atoms with Gasteiger partial charge in [0.1, 0.15) is 11.2 Å². The second-order valence-electron chi connectivity index (χ2n) is 3.42. The number of hydrogen-bond donors (Lipinski definition) is 1. The first-order valence-electron chi connectivity index (χ1n) is 5.47. The molecule has 0 aliphatic rings. The summed E-state index contributed by atoms with van der Waals surface area (Å²) in [4.78, 5) is 23.4. The van der Waals surface area contributed by atoms with Crippen molar-refractivity contribution >= 4 is 23.2 Å². The summed E-state index contributed by atoms with van der Waals surface area (Å²) in [5, 5.41) is 15.0. The Morgan fingerprint density at radius 1 is 1.53 bits per heavy atom. The summed E-state index contributed by atoms with van der Waals surface area (Å²) < 4.78 is 6.28. The number of hydrogen-bond acceptors (Lipinski definition) is 7. The SMILES string of the molecule is CCNC(=O)COC(=O)c1sccc1-n1cnnn1. The van der Waals surface area contributed by atoms with Crippen LogP contribution in [0.15, 0.2) is 17.8 Å². The minimum Gasteiger partial charge on any atom is -0.451 e. The maximum absolute atomic E-state index is 11.9. The van der Waals surface area contributed by atoms with Crippen molar-refractivity contribution in [1.82, 2.24) is 25.5 Å². The Morgan fingerprint density at radius 3 is 3.05 bits per heavy atom. The average molecular weight is 281 g/mol. The maximum atomic E-state index is 11.9. The van der Waals surface area contributed by atoms with Crippen LogP contribution in [0.1, 0.15) is 16.6 Å². The molecule has 100 valence electrons. The number of esters is 1. The van der Waals surface area contributed by atoms with Gasteiger partial charge in [0.2, 0.25) is 0 Å². The van der Waals surface area contributed by atoms with Gasteiger partial charge in [0.15, 0.2) is 6.61 Å². The maximum Gasteiger partial charge on any atom is 0.351 e. The highest BCUT2D eigenvalue weighted by molar-refractivity contribution is 7.12. The van der Waals surface area contributed by atoms with E-state index in [1.807, 2.05) is 0 Å². The first-order valence-corrected chi connectivity index (χ1v) is 6.35. The lowest BCUT2D eigenvalue weighted by atomic mass is 10.4. The molecule has 9 heteroatoms. The largest absolute Gasteiger partial charge is 0.451 e. The van der Waals surface area contributed by atoms with Crippen LogP contribution in [0, 0.1) is 0 Å². The van der Waals surface area contributed by atoms with E-state index in [1.54, 1.807) is 18.4 Å². The molecule has 1 amide bonds. The number of carbonyl (C=O) groups excluding carboxylic acids is 2. The van der Waals surface area contributed by atoms with Crippen LogP contribution in [0.5, 0.6) is 0 Å². The van der Waals surface area contributed by atoms with E-state index in [4.69, 9.17) is 4.74 Å². The Kier molecular flexibility index (Phi) is 4.18. The molecule has 0 bridgehead atoms. The van der Waals surface area contributed by atoms with Crippen LogP contribution in [0.2, 0.25) is 0 Å². The summed E-state index contributed by atoms with van der Waals surface area (Å²) in [6, 6.07) is 1.70. The Balaban J connectivity index is 2.04. The van der Waals surface area contributed by atoms with E-state index in [-0.39, 0.29) is 12.5 Å². The van der Waals surface area contributed by atoms with Gasteiger partial charge in [-0.15, -0.1) is 16.4 Å². The molecule has 1 N–H and O–H groups in total. The fourth-order valence-corrected chi connectivity index (χ4v) is 2.12. The van der Waals surface area contributed by atoms with Gasteiger partial charge in [-0.25, -0.2) is 4.79 Å². The molecule has 2 aromatic rings. The highest BCUT2D eigenvalue weighted by Gasteiger charge is 2.17. The van der Waals surface area contributed by atoms with Gasteiger partial charge in [0.05, 0.1) is 5.69 Å². The highest BCUT2D eigenvalue weighted by Crippen LogP contribution is 2.20. The van der Waals surface area contributed by atoms with Gasteiger partial charge in [-0.05, 0) is 28.8 Å². The van der Waals surface area contributed by atoms with E-state index in [2.05, 4.69) is 20.8 Å². The molecule has 0 spiro atoms. The number of amides is 1. The number of carbonyl (C=O) groups is 2. The molecule has 0 radical (unpaired) electrons. The zero-order chi connectivity index (χ0) is 13.7. The van der Waals surface area contributed by atoms with Crippen molar-refractivity contribution in [2.45, 2.75) is 6.92 Å². The zero-order valence-corrected chi connectivity index (χ0v) is 10.9. The van der Waals surface area contributed by atoms with Crippen LogP contribution < -0.4 is 5.32 Å². The number of likely N-dealkylation sites (N-methyl/N-ethyl adjacent to an activating group) is 1. The summed E-state index contributed by atoms with van der Waals surface area (Å²) >= 11 is 1.20. The fourth-order valence-electron chi connectivity index (χ4n) is 1.35. The molecule has 8 nitrogen and oxygen atoms in total. The van der Waals surface area contributed by atoms with E-state index in [9.17, 15) is 9.59 Å². The van der Waals surface area contributed by atoms with Crippen molar-refractivity contribution in [2.24, 2.45) is 0 Å². The van der Waals surface area contributed by atoms with E-state index in [1.165, 1.54) is 22.3 Å². The zero-order valence-electron chi connectivity index (χ0n) is 10.1. The first kappa shape index (κ1) is 13.1. The third kappa shape index (κ3) is 3.13. The molecule has 0 saturated carbocycles. The number of thiophene rings is 1. The lowest BCUT2D eigenvalue weighted by Gasteiger charge is -2.05. The Morgan fingerprint density at radius 2 is 2.37 bits per heavy atom. The summed E-state index contributed by atoms with van der Waals surface area (Å²) in [5.74, 6) is -0.914. The number of ether oxygens (including phenoxy) is 1. The molecule has 0 aliphatic heterocycles. The Bertz CT molecular complexity index is 565. The fraction of sp³-hybridized carbons (Fsp3) is 0.300. The molecule has 2 heterocycles. The van der Waals surface area contributed by atoms with Crippen molar-refractivity contribution in [3.63, 3.8) is 0 Å².